The van der Waals surface area contributed by atoms with Crippen molar-refractivity contribution < 1.29 is 14.7 Å². The van der Waals surface area contributed by atoms with Gasteiger partial charge in [0.25, 0.3) is 0 Å². The number of rotatable bonds is 4. The number of benzene rings is 1. The quantitative estimate of drug-likeness (QED) is 0.895. The van der Waals surface area contributed by atoms with Gasteiger partial charge in [0.15, 0.2) is 0 Å². The van der Waals surface area contributed by atoms with E-state index >= 15 is 0 Å². The van der Waals surface area contributed by atoms with E-state index in [1.54, 1.807) is 23.1 Å². The molecule has 21 heavy (non-hydrogen) atoms. The van der Waals surface area contributed by atoms with Crippen molar-refractivity contribution in [1.29, 1.82) is 0 Å². The summed E-state index contributed by atoms with van der Waals surface area (Å²) in [5.41, 5.74) is 2.03. The summed E-state index contributed by atoms with van der Waals surface area (Å²) >= 11 is 0. The van der Waals surface area contributed by atoms with Crippen LogP contribution in [0.1, 0.15) is 49.0 Å². The van der Waals surface area contributed by atoms with Gasteiger partial charge in [-0.1, -0.05) is 13.8 Å². The number of amides is 2. The number of aromatic carboxylic acids is 1. The molecular weight excluding hydrogens is 268 g/mol. The number of carboxylic acid groups (broad SMARTS) is 1. The Morgan fingerprint density at radius 3 is 2.67 bits per heavy atom. The number of hydrogen-bond donors (Lipinski definition) is 2. The van der Waals surface area contributed by atoms with Crippen LogP contribution in [0, 0.1) is 0 Å². The van der Waals surface area contributed by atoms with Gasteiger partial charge in [0, 0.05) is 18.3 Å². The van der Waals surface area contributed by atoms with E-state index in [4.69, 9.17) is 5.11 Å². The van der Waals surface area contributed by atoms with Crippen LogP contribution in [0.4, 0.5) is 10.5 Å². The Hall–Kier alpha value is -2.04. The first-order chi connectivity index (χ1) is 10.1. The third kappa shape index (κ3) is 3.35. The first-order valence-corrected chi connectivity index (χ1v) is 7.51. The normalized spacial score (nSPS) is 14.0. The SMILES string of the molecule is CCC(CC)NC(=O)N1CCCc2cc(C(=O)O)ccc21. The van der Waals surface area contributed by atoms with Crippen LogP contribution < -0.4 is 10.2 Å². The van der Waals surface area contributed by atoms with Gasteiger partial charge in [0.05, 0.1) is 5.56 Å². The maximum absolute atomic E-state index is 12.4. The highest BCUT2D eigenvalue weighted by atomic mass is 16.4. The molecule has 0 aliphatic carbocycles. The number of anilines is 1. The highest BCUT2D eigenvalue weighted by molar-refractivity contribution is 5.95. The fourth-order valence-corrected chi connectivity index (χ4v) is 2.69. The maximum atomic E-state index is 12.4. The Balaban J connectivity index is 2.21. The molecule has 1 aromatic carbocycles. The topological polar surface area (TPSA) is 69.6 Å². The minimum atomic E-state index is -0.934. The number of carbonyl (C=O) groups excluding carboxylic acids is 1. The Morgan fingerprint density at radius 1 is 1.33 bits per heavy atom. The molecule has 2 rings (SSSR count). The lowest BCUT2D eigenvalue weighted by Crippen LogP contribution is -2.46. The first kappa shape index (κ1) is 15.4. The van der Waals surface area contributed by atoms with Crippen LogP contribution in [0.25, 0.3) is 0 Å². The Labute approximate surface area is 125 Å². The molecule has 0 radical (unpaired) electrons. The first-order valence-electron chi connectivity index (χ1n) is 7.51. The van der Waals surface area contributed by atoms with Gasteiger partial charge < -0.3 is 10.4 Å². The summed E-state index contributed by atoms with van der Waals surface area (Å²) in [6, 6.07) is 5.07. The summed E-state index contributed by atoms with van der Waals surface area (Å²) in [4.78, 5) is 25.2. The number of nitrogens with one attached hydrogen (secondary N) is 1. The second-order valence-corrected chi connectivity index (χ2v) is 5.37. The molecule has 0 aromatic heterocycles. The Bertz CT molecular complexity index is 538. The summed E-state index contributed by atoms with van der Waals surface area (Å²) in [6.45, 7) is 4.78. The van der Waals surface area contributed by atoms with Gasteiger partial charge >= 0.3 is 12.0 Å². The largest absolute Gasteiger partial charge is 0.478 e. The van der Waals surface area contributed by atoms with Gasteiger partial charge in [-0.2, -0.15) is 0 Å². The molecule has 0 atom stereocenters. The fourth-order valence-electron chi connectivity index (χ4n) is 2.69. The van der Waals surface area contributed by atoms with E-state index in [-0.39, 0.29) is 17.6 Å². The lowest BCUT2D eigenvalue weighted by molar-refractivity contribution is 0.0696. The summed E-state index contributed by atoms with van der Waals surface area (Å²) in [5.74, 6) is -0.934. The van der Waals surface area contributed by atoms with Gasteiger partial charge in [-0.05, 0) is 49.4 Å². The highest BCUT2D eigenvalue weighted by Gasteiger charge is 2.24. The van der Waals surface area contributed by atoms with Crippen molar-refractivity contribution in [2.45, 2.75) is 45.6 Å². The van der Waals surface area contributed by atoms with Crippen LogP contribution in [0.2, 0.25) is 0 Å². The summed E-state index contributed by atoms with van der Waals surface area (Å²) in [6.07, 6.45) is 3.47. The monoisotopic (exact) mass is 290 g/mol. The van der Waals surface area contributed by atoms with Crippen LogP contribution in [-0.2, 0) is 6.42 Å². The molecule has 0 spiro atoms. The highest BCUT2D eigenvalue weighted by Crippen LogP contribution is 2.28. The van der Waals surface area contributed by atoms with E-state index in [9.17, 15) is 9.59 Å². The molecule has 0 saturated carbocycles. The van der Waals surface area contributed by atoms with Gasteiger partial charge in [-0.3, -0.25) is 4.90 Å². The van der Waals surface area contributed by atoms with E-state index < -0.39 is 5.97 Å². The zero-order valence-corrected chi connectivity index (χ0v) is 12.6. The third-order valence-electron chi connectivity index (χ3n) is 4.00. The minimum Gasteiger partial charge on any atom is -0.478 e. The van der Waals surface area contributed by atoms with Gasteiger partial charge in [-0.15, -0.1) is 0 Å². The summed E-state index contributed by atoms with van der Waals surface area (Å²) in [5, 5.41) is 12.1. The second-order valence-electron chi connectivity index (χ2n) is 5.37. The maximum Gasteiger partial charge on any atom is 0.335 e. The van der Waals surface area contributed by atoms with Crippen LogP contribution in [0.15, 0.2) is 18.2 Å². The standard InChI is InChI=1S/C16H22N2O3/c1-3-13(4-2)17-16(21)18-9-5-6-11-10-12(15(19)20)7-8-14(11)18/h7-8,10,13H,3-6,9H2,1-2H3,(H,17,21)(H,19,20). The van der Waals surface area contributed by atoms with Crippen molar-refractivity contribution in [1.82, 2.24) is 5.32 Å². The van der Waals surface area contributed by atoms with Gasteiger partial charge in [0.2, 0.25) is 0 Å². The molecule has 2 amide bonds. The van der Waals surface area contributed by atoms with Gasteiger partial charge in [0.1, 0.15) is 0 Å². The van der Waals surface area contributed by atoms with E-state index in [1.165, 1.54) is 0 Å². The lowest BCUT2D eigenvalue weighted by Gasteiger charge is -2.31. The molecule has 5 nitrogen and oxygen atoms in total. The molecule has 2 N–H and O–H groups in total. The molecule has 1 heterocycles. The average Bonchev–Trinajstić information content (AvgIpc) is 2.51. The third-order valence-corrected chi connectivity index (χ3v) is 4.00. The van der Waals surface area contributed by atoms with Crippen molar-refractivity contribution in [2.24, 2.45) is 0 Å². The van der Waals surface area contributed by atoms with Crippen LogP contribution >= 0.6 is 0 Å². The van der Waals surface area contributed by atoms with E-state index in [1.807, 2.05) is 0 Å². The predicted octanol–water partition coefficient (Wildman–Crippen LogP) is 3.04. The lowest BCUT2D eigenvalue weighted by atomic mass is 9.99. The smallest absolute Gasteiger partial charge is 0.335 e. The Morgan fingerprint density at radius 2 is 2.05 bits per heavy atom. The Kier molecular flexibility index (Phi) is 4.83. The number of carbonyl (C=O) groups is 2. The predicted molar refractivity (Wildman–Crippen MR) is 82.0 cm³/mol. The number of urea groups is 1. The number of aryl methyl sites for hydroxylation is 1. The average molecular weight is 290 g/mol. The molecule has 1 aromatic rings. The van der Waals surface area contributed by atoms with Crippen molar-refractivity contribution in [2.75, 3.05) is 11.4 Å². The number of hydrogen-bond acceptors (Lipinski definition) is 2. The van der Waals surface area contributed by atoms with Gasteiger partial charge in [-0.25, -0.2) is 9.59 Å². The van der Waals surface area contributed by atoms with Crippen molar-refractivity contribution in [3.05, 3.63) is 29.3 Å². The van der Waals surface area contributed by atoms with Crippen LogP contribution in [0.5, 0.6) is 0 Å². The second kappa shape index (κ2) is 6.61. The van der Waals surface area contributed by atoms with E-state index in [0.717, 1.165) is 36.9 Å². The van der Waals surface area contributed by atoms with Crippen LogP contribution in [-0.4, -0.2) is 29.7 Å². The van der Waals surface area contributed by atoms with Crippen molar-refractivity contribution in [3.63, 3.8) is 0 Å². The molecule has 114 valence electrons. The zero-order valence-electron chi connectivity index (χ0n) is 12.6. The van der Waals surface area contributed by atoms with Crippen molar-refractivity contribution >= 4 is 17.7 Å². The summed E-state index contributed by atoms with van der Waals surface area (Å²) < 4.78 is 0. The molecule has 1 aliphatic rings. The molecule has 0 unspecified atom stereocenters. The van der Waals surface area contributed by atoms with Crippen LogP contribution in [0.3, 0.4) is 0 Å². The molecular formula is C16H22N2O3. The number of fused-ring (bicyclic) bond motifs is 1. The minimum absolute atomic E-state index is 0.0901. The number of carboxylic acids is 1. The molecule has 0 saturated heterocycles. The molecule has 0 fully saturated rings. The van der Waals surface area contributed by atoms with Crippen molar-refractivity contribution in [3.8, 4) is 0 Å². The van der Waals surface area contributed by atoms with E-state index in [2.05, 4.69) is 19.2 Å². The fraction of sp³-hybridized carbons (Fsp3) is 0.500. The van der Waals surface area contributed by atoms with E-state index in [0.29, 0.717) is 6.54 Å². The zero-order chi connectivity index (χ0) is 15.4. The summed E-state index contributed by atoms with van der Waals surface area (Å²) in [7, 11) is 0. The molecule has 1 aliphatic heterocycles. The molecule has 5 heteroatoms. The molecule has 0 bridgehead atoms. The number of nitrogens with zero attached hydrogens (tertiary/aromatic N) is 1.